The number of hydrogen-bond acceptors (Lipinski definition) is 3. The van der Waals surface area contributed by atoms with Crippen LogP contribution in [0.5, 0.6) is 5.75 Å². The average Bonchev–Trinajstić information content (AvgIpc) is 2.67. The number of aryl methyl sites for hydroxylation is 1. The number of methoxy groups -OCH3 is 1. The van der Waals surface area contributed by atoms with Crippen molar-refractivity contribution < 1.29 is 13.5 Å². The van der Waals surface area contributed by atoms with Crippen molar-refractivity contribution in [3.8, 4) is 23.1 Å². The number of nitrogens with zero attached hydrogens (tertiary/aromatic N) is 3. The molecule has 0 unspecified atom stereocenters. The molecule has 0 aliphatic heterocycles. The fraction of sp³-hybridized carbons (Fsp3) is 0.167. The van der Waals surface area contributed by atoms with Crippen LogP contribution in [0.4, 0.5) is 8.78 Å². The Balaban J connectivity index is 2.70. The molecule has 2 rings (SSSR count). The van der Waals surface area contributed by atoms with Crippen LogP contribution >= 0.6 is 15.9 Å². The van der Waals surface area contributed by atoms with Crippen molar-refractivity contribution in [3.05, 3.63) is 33.9 Å². The van der Waals surface area contributed by atoms with E-state index in [-0.39, 0.29) is 22.7 Å². The quantitative estimate of drug-likeness (QED) is 0.852. The molecule has 0 aliphatic carbocycles. The maximum atomic E-state index is 14.0. The molecule has 2 aromatic rings. The first-order valence-electron chi connectivity index (χ1n) is 5.15. The average molecular weight is 328 g/mol. The van der Waals surface area contributed by atoms with E-state index in [1.54, 1.807) is 7.05 Å². The summed E-state index contributed by atoms with van der Waals surface area (Å²) in [6.45, 7) is 0. The summed E-state index contributed by atoms with van der Waals surface area (Å²) >= 11 is 3.17. The van der Waals surface area contributed by atoms with E-state index in [1.807, 2.05) is 6.07 Å². The Morgan fingerprint density at radius 3 is 2.58 bits per heavy atom. The third kappa shape index (κ3) is 2.19. The Kier molecular flexibility index (Phi) is 3.53. The molecule has 4 nitrogen and oxygen atoms in total. The Morgan fingerprint density at radius 2 is 2.05 bits per heavy atom. The molecule has 0 aliphatic rings. The molecule has 7 heteroatoms. The van der Waals surface area contributed by atoms with Crippen LogP contribution < -0.4 is 4.74 Å². The predicted molar refractivity (Wildman–Crippen MR) is 67.5 cm³/mol. The molecule has 0 N–H and O–H groups in total. The number of benzene rings is 1. The van der Waals surface area contributed by atoms with Crippen LogP contribution in [-0.4, -0.2) is 16.9 Å². The topological polar surface area (TPSA) is 50.8 Å². The van der Waals surface area contributed by atoms with Crippen molar-refractivity contribution in [3.63, 3.8) is 0 Å². The summed E-state index contributed by atoms with van der Waals surface area (Å²) in [7, 11) is 2.80. The summed E-state index contributed by atoms with van der Waals surface area (Å²) < 4.78 is 34.0. The number of hydrogen-bond donors (Lipinski definition) is 0. The Labute approximate surface area is 116 Å². The number of halogens is 3. The van der Waals surface area contributed by atoms with Crippen LogP contribution in [0.25, 0.3) is 11.3 Å². The Bertz CT molecular complexity index is 691. The molecule has 1 heterocycles. The van der Waals surface area contributed by atoms with Crippen molar-refractivity contribution in [1.82, 2.24) is 9.78 Å². The number of ether oxygens (including phenoxy) is 1. The third-order valence-corrected chi connectivity index (χ3v) is 3.34. The molecule has 0 spiro atoms. The molecule has 0 fully saturated rings. The van der Waals surface area contributed by atoms with E-state index < -0.39 is 11.6 Å². The highest BCUT2D eigenvalue weighted by molar-refractivity contribution is 9.10. The lowest BCUT2D eigenvalue weighted by Gasteiger charge is -2.08. The summed E-state index contributed by atoms with van der Waals surface area (Å²) in [5.74, 6) is -1.53. The second kappa shape index (κ2) is 4.97. The van der Waals surface area contributed by atoms with Gasteiger partial charge in [-0.1, -0.05) is 0 Å². The minimum absolute atomic E-state index is 0.00155. The van der Waals surface area contributed by atoms with E-state index in [2.05, 4.69) is 21.0 Å². The van der Waals surface area contributed by atoms with Crippen LogP contribution in [0.3, 0.4) is 0 Å². The molecule has 1 aromatic heterocycles. The summed E-state index contributed by atoms with van der Waals surface area (Å²) in [6.07, 6.45) is 0. The smallest absolute Gasteiger partial charge is 0.177 e. The summed E-state index contributed by atoms with van der Waals surface area (Å²) in [5.41, 5.74) is 0.394. The van der Waals surface area contributed by atoms with Gasteiger partial charge in [-0.25, -0.2) is 8.78 Å². The standard InChI is InChI=1S/C12H8BrF2N3O/c1-18-12(11(13)9(5-16)17-18)6-3-8(15)10(19-2)4-7(6)14/h3-4H,1-2H3. The minimum atomic E-state index is -0.689. The highest BCUT2D eigenvalue weighted by Gasteiger charge is 2.20. The zero-order valence-electron chi connectivity index (χ0n) is 10.0. The van der Waals surface area contributed by atoms with Crippen LogP contribution in [0.1, 0.15) is 5.69 Å². The fourth-order valence-corrected chi connectivity index (χ4v) is 2.37. The van der Waals surface area contributed by atoms with Crippen molar-refractivity contribution in [2.75, 3.05) is 7.11 Å². The van der Waals surface area contributed by atoms with E-state index in [9.17, 15) is 8.78 Å². The SMILES string of the molecule is COc1cc(F)c(-c2c(Br)c(C#N)nn2C)cc1F. The summed E-state index contributed by atoms with van der Waals surface area (Å²) in [5, 5.41) is 12.8. The van der Waals surface area contributed by atoms with Gasteiger partial charge in [0.15, 0.2) is 17.3 Å². The van der Waals surface area contributed by atoms with Gasteiger partial charge in [0.2, 0.25) is 0 Å². The van der Waals surface area contributed by atoms with Gasteiger partial charge in [0.25, 0.3) is 0 Å². The van der Waals surface area contributed by atoms with E-state index in [4.69, 9.17) is 10.00 Å². The highest BCUT2D eigenvalue weighted by Crippen LogP contribution is 2.34. The molecule has 0 saturated heterocycles. The Hall–Kier alpha value is -1.94. The van der Waals surface area contributed by atoms with Gasteiger partial charge in [-0.3, -0.25) is 4.68 Å². The predicted octanol–water partition coefficient (Wildman–Crippen LogP) is 3.01. The molecule has 1 aromatic carbocycles. The normalized spacial score (nSPS) is 10.3. The van der Waals surface area contributed by atoms with Crippen molar-refractivity contribution in [2.45, 2.75) is 0 Å². The van der Waals surface area contributed by atoms with Gasteiger partial charge in [-0.2, -0.15) is 10.4 Å². The molecule has 0 radical (unpaired) electrons. The minimum Gasteiger partial charge on any atom is -0.494 e. The fourth-order valence-electron chi connectivity index (χ4n) is 1.73. The van der Waals surface area contributed by atoms with Gasteiger partial charge in [0.1, 0.15) is 11.9 Å². The van der Waals surface area contributed by atoms with Gasteiger partial charge in [-0.05, 0) is 22.0 Å². The largest absolute Gasteiger partial charge is 0.494 e. The van der Waals surface area contributed by atoms with Crippen LogP contribution in [0, 0.1) is 23.0 Å². The monoisotopic (exact) mass is 327 g/mol. The maximum absolute atomic E-state index is 14.0. The molecule has 0 amide bonds. The van der Waals surface area contributed by atoms with E-state index in [0.29, 0.717) is 4.47 Å². The van der Waals surface area contributed by atoms with Crippen LogP contribution in [0.2, 0.25) is 0 Å². The molecule has 19 heavy (non-hydrogen) atoms. The zero-order valence-corrected chi connectivity index (χ0v) is 11.6. The third-order valence-electron chi connectivity index (χ3n) is 2.59. The first-order valence-corrected chi connectivity index (χ1v) is 5.95. The van der Waals surface area contributed by atoms with E-state index >= 15 is 0 Å². The van der Waals surface area contributed by atoms with Gasteiger partial charge in [-0.15, -0.1) is 0 Å². The van der Waals surface area contributed by atoms with Gasteiger partial charge < -0.3 is 4.74 Å². The first kappa shape index (κ1) is 13.5. The lowest BCUT2D eigenvalue weighted by molar-refractivity contribution is 0.383. The molecule has 0 atom stereocenters. The van der Waals surface area contributed by atoms with Crippen molar-refractivity contribution >= 4 is 15.9 Å². The maximum Gasteiger partial charge on any atom is 0.177 e. The molecular formula is C12H8BrF2N3O. The Morgan fingerprint density at radius 1 is 1.37 bits per heavy atom. The highest BCUT2D eigenvalue weighted by atomic mass is 79.9. The molecular weight excluding hydrogens is 320 g/mol. The zero-order chi connectivity index (χ0) is 14.2. The lowest BCUT2D eigenvalue weighted by atomic mass is 10.1. The number of nitriles is 1. The second-order valence-corrected chi connectivity index (χ2v) is 4.51. The van der Waals surface area contributed by atoms with E-state index in [1.165, 1.54) is 11.8 Å². The molecule has 0 saturated carbocycles. The van der Waals surface area contributed by atoms with Crippen molar-refractivity contribution in [1.29, 1.82) is 5.26 Å². The van der Waals surface area contributed by atoms with Crippen LogP contribution in [0.15, 0.2) is 16.6 Å². The van der Waals surface area contributed by atoms with E-state index in [0.717, 1.165) is 12.1 Å². The number of aromatic nitrogens is 2. The van der Waals surface area contributed by atoms with Gasteiger partial charge in [0, 0.05) is 18.7 Å². The second-order valence-electron chi connectivity index (χ2n) is 3.71. The lowest BCUT2D eigenvalue weighted by Crippen LogP contribution is -1.98. The summed E-state index contributed by atoms with van der Waals surface area (Å²) in [4.78, 5) is 0. The van der Waals surface area contributed by atoms with Crippen molar-refractivity contribution in [2.24, 2.45) is 7.05 Å². The number of rotatable bonds is 2. The van der Waals surface area contributed by atoms with Crippen LogP contribution in [-0.2, 0) is 7.05 Å². The summed E-state index contributed by atoms with van der Waals surface area (Å²) in [6, 6.07) is 3.83. The van der Waals surface area contributed by atoms with Gasteiger partial charge >= 0.3 is 0 Å². The molecule has 0 bridgehead atoms. The first-order chi connectivity index (χ1) is 8.99. The van der Waals surface area contributed by atoms with Gasteiger partial charge in [0.05, 0.1) is 17.3 Å². The molecule has 98 valence electrons.